The van der Waals surface area contributed by atoms with Crippen molar-refractivity contribution in [1.82, 2.24) is 4.72 Å². The quantitative estimate of drug-likeness (QED) is 0.714. The molecule has 2 rings (SSSR count). The van der Waals surface area contributed by atoms with Gasteiger partial charge in [0.2, 0.25) is 10.0 Å². The molecule has 0 atom stereocenters. The van der Waals surface area contributed by atoms with Crippen molar-refractivity contribution in [1.29, 1.82) is 0 Å². The second kappa shape index (κ2) is 8.00. The van der Waals surface area contributed by atoms with Crippen LogP contribution in [-0.2, 0) is 10.0 Å². The number of carbonyl (C=O) groups is 1. The first kappa shape index (κ1) is 20.8. The second-order valence-corrected chi connectivity index (χ2v) is 9.65. The third kappa shape index (κ3) is 5.48. The number of nitrogens with one attached hydrogen (secondary N) is 2. The minimum Gasteiger partial charge on any atom is -0.322 e. The molecule has 8 heteroatoms. The highest BCUT2D eigenvalue weighted by molar-refractivity contribution is 7.98. The molecule has 1 amide bonds. The van der Waals surface area contributed by atoms with Gasteiger partial charge in [-0.2, -0.15) is 0 Å². The Morgan fingerprint density at radius 1 is 1.12 bits per heavy atom. The molecule has 0 radical (unpaired) electrons. The van der Waals surface area contributed by atoms with Crippen molar-refractivity contribution in [2.75, 3.05) is 11.6 Å². The van der Waals surface area contributed by atoms with Crippen LogP contribution in [0.3, 0.4) is 0 Å². The van der Waals surface area contributed by atoms with Gasteiger partial charge in [-0.25, -0.2) is 13.1 Å². The molecule has 0 unspecified atom stereocenters. The van der Waals surface area contributed by atoms with Crippen molar-refractivity contribution in [3.05, 3.63) is 53.1 Å². The van der Waals surface area contributed by atoms with Gasteiger partial charge in [-0.1, -0.05) is 17.7 Å². The number of sulfonamides is 1. The highest BCUT2D eigenvalue weighted by atomic mass is 35.5. The van der Waals surface area contributed by atoms with E-state index < -0.39 is 21.5 Å². The number of amides is 1. The fraction of sp³-hybridized carbons (Fsp3) is 0.278. The highest BCUT2D eigenvalue weighted by Crippen LogP contribution is 2.24. The Kier molecular flexibility index (Phi) is 6.39. The van der Waals surface area contributed by atoms with Crippen molar-refractivity contribution in [3.8, 4) is 0 Å². The maximum absolute atomic E-state index is 12.5. The zero-order valence-corrected chi connectivity index (χ0v) is 17.3. The average molecular weight is 413 g/mol. The first-order valence-corrected chi connectivity index (χ1v) is 10.9. The summed E-state index contributed by atoms with van der Waals surface area (Å²) < 4.78 is 27.5. The molecule has 0 saturated carbocycles. The maximum Gasteiger partial charge on any atom is 0.257 e. The van der Waals surface area contributed by atoms with Gasteiger partial charge in [0.05, 0.1) is 15.5 Å². The summed E-state index contributed by atoms with van der Waals surface area (Å²) in [7, 11) is -3.69. The summed E-state index contributed by atoms with van der Waals surface area (Å²) in [4.78, 5) is 13.5. The summed E-state index contributed by atoms with van der Waals surface area (Å²) in [5.41, 5.74) is 0.0983. The topological polar surface area (TPSA) is 75.3 Å². The lowest BCUT2D eigenvalue weighted by Gasteiger charge is -2.20. The molecule has 0 aliphatic carbocycles. The summed E-state index contributed by atoms with van der Waals surface area (Å²) in [6.07, 6.45) is 1.90. The number of thioether (sulfide) groups is 1. The summed E-state index contributed by atoms with van der Waals surface area (Å²) in [6.45, 7) is 5.28. The summed E-state index contributed by atoms with van der Waals surface area (Å²) in [5, 5.41) is 3.03. The van der Waals surface area contributed by atoms with E-state index in [0.717, 1.165) is 4.90 Å². The third-order valence-corrected chi connectivity index (χ3v) is 6.07. The van der Waals surface area contributed by atoms with Crippen LogP contribution in [0.4, 0.5) is 5.69 Å². The van der Waals surface area contributed by atoms with Gasteiger partial charge in [-0.15, -0.1) is 11.8 Å². The van der Waals surface area contributed by atoms with Crippen LogP contribution in [0.2, 0.25) is 5.02 Å². The predicted octanol–water partition coefficient (Wildman–Crippen LogP) is 4.39. The smallest absolute Gasteiger partial charge is 0.257 e. The van der Waals surface area contributed by atoms with E-state index in [1.54, 1.807) is 45.0 Å². The molecule has 0 aliphatic heterocycles. The lowest BCUT2D eigenvalue weighted by Crippen LogP contribution is -2.40. The largest absolute Gasteiger partial charge is 0.322 e. The normalized spacial score (nSPS) is 12.0. The summed E-state index contributed by atoms with van der Waals surface area (Å²) in [6, 6.07) is 11.3. The number of benzene rings is 2. The van der Waals surface area contributed by atoms with Crippen LogP contribution < -0.4 is 10.0 Å². The zero-order valence-electron chi connectivity index (χ0n) is 15.0. The lowest BCUT2D eigenvalue weighted by molar-refractivity contribution is 0.102. The molecule has 2 aromatic rings. The van der Waals surface area contributed by atoms with Gasteiger partial charge in [0.15, 0.2) is 0 Å². The van der Waals surface area contributed by atoms with Gasteiger partial charge in [0.25, 0.3) is 5.91 Å². The molecular weight excluding hydrogens is 392 g/mol. The molecule has 2 N–H and O–H groups in total. The molecule has 0 bridgehead atoms. The molecule has 140 valence electrons. The average Bonchev–Trinajstić information content (AvgIpc) is 2.53. The van der Waals surface area contributed by atoms with Crippen LogP contribution in [0.5, 0.6) is 0 Å². The first-order valence-electron chi connectivity index (χ1n) is 7.81. The van der Waals surface area contributed by atoms with Crippen LogP contribution >= 0.6 is 23.4 Å². The number of carbonyl (C=O) groups excluding carboxylic acids is 1. The SMILES string of the molecule is CSc1ccc(Cl)c(C(=O)Nc2cccc(S(=O)(=O)NC(C)(C)C)c2)c1. The minimum atomic E-state index is -3.69. The minimum absolute atomic E-state index is 0.0780. The molecule has 0 spiro atoms. The van der Waals surface area contributed by atoms with E-state index in [9.17, 15) is 13.2 Å². The van der Waals surface area contributed by atoms with Crippen molar-refractivity contribution < 1.29 is 13.2 Å². The summed E-state index contributed by atoms with van der Waals surface area (Å²) in [5.74, 6) is -0.399. The fourth-order valence-electron chi connectivity index (χ4n) is 2.21. The fourth-order valence-corrected chi connectivity index (χ4v) is 4.31. The van der Waals surface area contributed by atoms with Gasteiger partial charge in [-0.05, 0) is 63.4 Å². The van der Waals surface area contributed by atoms with Gasteiger partial charge in [0.1, 0.15) is 0 Å². The predicted molar refractivity (Wildman–Crippen MR) is 108 cm³/mol. The summed E-state index contributed by atoms with van der Waals surface area (Å²) >= 11 is 7.61. The molecule has 0 aromatic heterocycles. The number of anilines is 1. The number of hydrogen-bond acceptors (Lipinski definition) is 4. The molecule has 0 saturated heterocycles. The lowest BCUT2D eigenvalue weighted by atomic mass is 10.1. The van der Waals surface area contributed by atoms with Crippen molar-refractivity contribution in [2.24, 2.45) is 0 Å². The second-order valence-electron chi connectivity index (χ2n) is 6.68. The van der Waals surface area contributed by atoms with Crippen molar-refractivity contribution in [2.45, 2.75) is 36.1 Å². The van der Waals surface area contributed by atoms with Crippen LogP contribution in [-0.4, -0.2) is 26.1 Å². The first-order chi connectivity index (χ1) is 12.0. The Morgan fingerprint density at radius 3 is 2.42 bits per heavy atom. The molecule has 5 nitrogen and oxygen atoms in total. The number of rotatable bonds is 5. The van der Waals surface area contributed by atoms with Gasteiger partial charge < -0.3 is 5.32 Å². The molecule has 0 fully saturated rings. The highest BCUT2D eigenvalue weighted by Gasteiger charge is 2.22. The van der Waals surface area contributed by atoms with Gasteiger partial charge >= 0.3 is 0 Å². The van der Waals surface area contributed by atoms with E-state index in [0.29, 0.717) is 16.3 Å². The van der Waals surface area contributed by atoms with Crippen LogP contribution in [0.25, 0.3) is 0 Å². The third-order valence-electron chi connectivity index (χ3n) is 3.26. The number of hydrogen-bond donors (Lipinski definition) is 2. The van der Waals surface area contributed by atoms with Crippen molar-refractivity contribution in [3.63, 3.8) is 0 Å². The van der Waals surface area contributed by atoms with E-state index in [1.807, 2.05) is 12.3 Å². The van der Waals surface area contributed by atoms with E-state index in [2.05, 4.69) is 10.0 Å². The van der Waals surface area contributed by atoms with Gasteiger partial charge in [0, 0.05) is 16.1 Å². The molecule has 0 heterocycles. The Hall–Kier alpha value is -1.54. The monoisotopic (exact) mass is 412 g/mol. The maximum atomic E-state index is 12.5. The molecule has 26 heavy (non-hydrogen) atoms. The van der Waals surface area contributed by atoms with Crippen molar-refractivity contribution >= 4 is 45.0 Å². The molecular formula is C18H21ClN2O3S2. The van der Waals surface area contributed by atoms with E-state index in [4.69, 9.17) is 11.6 Å². The zero-order chi connectivity index (χ0) is 19.5. The standard InChI is InChI=1S/C18H21ClN2O3S2/c1-18(2,3)21-26(23,24)14-7-5-6-12(10-14)20-17(22)15-11-13(25-4)8-9-16(15)19/h5-11,21H,1-4H3,(H,20,22). The van der Waals surface area contributed by atoms with E-state index >= 15 is 0 Å². The Morgan fingerprint density at radius 2 is 1.81 bits per heavy atom. The van der Waals surface area contributed by atoms with Crippen LogP contribution in [0.1, 0.15) is 31.1 Å². The molecule has 2 aromatic carbocycles. The van der Waals surface area contributed by atoms with Crippen LogP contribution in [0.15, 0.2) is 52.3 Å². The van der Waals surface area contributed by atoms with Gasteiger partial charge in [-0.3, -0.25) is 4.79 Å². The number of halogens is 1. The van der Waals surface area contributed by atoms with E-state index in [1.165, 1.54) is 23.9 Å². The Labute approximate surface area is 163 Å². The molecule has 0 aliphatic rings. The van der Waals surface area contributed by atoms with E-state index in [-0.39, 0.29) is 4.90 Å². The van der Waals surface area contributed by atoms with Crippen LogP contribution in [0, 0.1) is 0 Å². The Balaban J connectivity index is 2.28. The Bertz CT molecular complexity index is 922.